The third kappa shape index (κ3) is 7.38. The Bertz CT molecular complexity index is 451. The first-order chi connectivity index (χ1) is 9.23. The maximum Gasteiger partial charge on any atom is 0.412 e. The molecule has 0 aliphatic carbocycles. The minimum Gasteiger partial charge on any atom is -0.507 e. The molecule has 0 aliphatic rings. The lowest BCUT2D eigenvalue weighted by Gasteiger charge is -2.19. The van der Waals surface area contributed by atoms with Gasteiger partial charge in [0.1, 0.15) is 11.4 Å². The molecule has 20 heavy (non-hydrogen) atoms. The average Bonchev–Trinajstić information content (AvgIpc) is 2.30. The first-order valence-corrected chi connectivity index (χ1v) is 5.91. The van der Waals surface area contributed by atoms with Gasteiger partial charge < -0.3 is 14.6 Å². The van der Waals surface area contributed by atoms with Gasteiger partial charge >= 0.3 is 6.09 Å². The number of ether oxygens (including phenoxy) is 2. The number of hydrogen-bond acceptors (Lipinski definition) is 5. The Kier molecular flexibility index (Phi) is 7.31. The van der Waals surface area contributed by atoms with Crippen LogP contribution in [-0.2, 0) is 9.47 Å². The van der Waals surface area contributed by atoms with Gasteiger partial charge in [-0.25, -0.2) is 4.79 Å². The highest BCUT2D eigenvalue weighted by Gasteiger charge is 2.16. The number of methoxy groups -OCH3 is 1. The number of aldehydes is 1. The van der Waals surface area contributed by atoms with Crippen LogP contribution in [0, 0.1) is 0 Å². The van der Waals surface area contributed by atoms with E-state index in [0.29, 0.717) is 12.0 Å². The standard InChI is InChI=1S/C12H15NO4.C2H6O/c1-12(2,3)17-11(16)13-9-4-5-10(15)8(6-9)7-14;1-3-2/h4-7,15H,1-3H3,(H,13,16);1-2H3. The molecule has 0 unspecified atom stereocenters. The molecule has 0 heterocycles. The fourth-order valence-electron chi connectivity index (χ4n) is 1.15. The Morgan fingerprint density at radius 1 is 1.30 bits per heavy atom. The predicted octanol–water partition coefficient (Wildman–Crippen LogP) is 2.81. The molecule has 0 aromatic heterocycles. The number of benzene rings is 1. The number of amides is 1. The van der Waals surface area contributed by atoms with Crippen LogP contribution in [0.15, 0.2) is 18.2 Å². The second-order valence-electron chi connectivity index (χ2n) is 4.93. The fourth-order valence-corrected chi connectivity index (χ4v) is 1.15. The molecule has 0 bridgehead atoms. The van der Waals surface area contributed by atoms with Crippen LogP contribution in [0.4, 0.5) is 10.5 Å². The molecule has 0 spiro atoms. The summed E-state index contributed by atoms with van der Waals surface area (Å²) in [5.41, 5.74) is -0.0909. The van der Waals surface area contributed by atoms with E-state index in [-0.39, 0.29) is 11.3 Å². The topological polar surface area (TPSA) is 84.9 Å². The van der Waals surface area contributed by atoms with Crippen molar-refractivity contribution in [3.63, 3.8) is 0 Å². The molecule has 112 valence electrons. The molecule has 0 radical (unpaired) electrons. The van der Waals surface area contributed by atoms with Gasteiger partial charge in [0, 0.05) is 19.9 Å². The number of carbonyl (C=O) groups excluding carboxylic acids is 2. The number of nitrogens with one attached hydrogen (secondary N) is 1. The monoisotopic (exact) mass is 283 g/mol. The first-order valence-electron chi connectivity index (χ1n) is 5.91. The highest BCUT2D eigenvalue weighted by atomic mass is 16.6. The van der Waals surface area contributed by atoms with Crippen molar-refractivity contribution >= 4 is 18.1 Å². The summed E-state index contributed by atoms with van der Waals surface area (Å²) in [6.07, 6.45) is -0.102. The van der Waals surface area contributed by atoms with E-state index in [1.165, 1.54) is 18.2 Å². The zero-order valence-corrected chi connectivity index (χ0v) is 12.4. The molecule has 0 saturated heterocycles. The van der Waals surface area contributed by atoms with E-state index in [0.717, 1.165) is 0 Å². The number of rotatable bonds is 2. The molecule has 1 aromatic carbocycles. The maximum atomic E-state index is 11.4. The van der Waals surface area contributed by atoms with Crippen LogP contribution in [0.5, 0.6) is 5.75 Å². The number of phenolic OH excluding ortho intramolecular Hbond substituents is 1. The van der Waals surface area contributed by atoms with E-state index in [9.17, 15) is 14.7 Å². The predicted molar refractivity (Wildman–Crippen MR) is 76.3 cm³/mol. The summed E-state index contributed by atoms with van der Waals surface area (Å²) < 4.78 is 9.29. The summed E-state index contributed by atoms with van der Waals surface area (Å²) in [5.74, 6) is -0.130. The van der Waals surface area contributed by atoms with Crippen molar-refractivity contribution in [2.24, 2.45) is 0 Å². The molecular weight excluding hydrogens is 262 g/mol. The third-order valence-corrected chi connectivity index (χ3v) is 1.80. The van der Waals surface area contributed by atoms with Gasteiger partial charge in [-0.05, 0) is 39.0 Å². The second kappa shape index (κ2) is 8.16. The molecular formula is C14H21NO5. The van der Waals surface area contributed by atoms with Crippen molar-refractivity contribution in [3.8, 4) is 5.75 Å². The summed E-state index contributed by atoms with van der Waals surface area (Å²) >= 11 is 0. The Morgan fingerprint density at radius 3 is 2.30 bits per heavy atom. The quantitative estimate of drug-likeness (QED) is 0.644. The van der Waals surface area contributed by atoms with Gasteiger partial charge in [0.2, 0.25) is 0 Å². The zero-order chi connectivity index (χ0) is 15.8. The van der Waals surface area contributed by atoms with E-state index in [4.69, 9.17) is 4.74 Å². The van der Waals surface area contributed by atoms with E-state index in [1.807, 2.05) is 0 Å². The van der Waals surface area contributed by atoms with Crippen LogP contribution in [-0.4, -0.2) is 37.3 Å². The van der Waals surface area contributed by atoms with Gasteiger partial charge in [0.05, 0.1) is 5.56 Å². The van der Waals surface area contributed by atoms with E-state index in [2.05, 4.69) is 10.1 Å². The van der Waals surface area contributed by atoms with E-state index >= 15 is 0 Å². The van der Waals surface area contributed by atoms with Crippen LogP contribution in [0.1, 0.15) is 31.1 Å². The van der Waals surface area contributed by atoms with Crippen molar-refractivity contribution in [2.45, 2.75) is 26.4 Å². The second-order valence-corrected chi connectivity index (χ2v) is 4.93. The minimum atomic E-state index is -0.611. The van der Waals surface area contributed by atoms with Crippen LogP contribution in [0.3, 0.4) is 0 Å². The van der Waals surface area contributed by atoms with Gasteiger partial charge in [0.15, 0.2) is 6.29 Å². The van der Waals surface area contributed by atoms with Crippen molar-refractivity contribution in [2.75, 3.05) is 19.5 Å². The number of aromatic hydroxyl groups is 1. The normalized spacial score (nSPS) is 10.1. The molecule has 6 nitrogen and oxygen atoms in total. The van der Waals surface area contributed by atoms with Crippen molar-refractivity contribution in [1.29, 1.82) is 0 Å². The molecule has 1 rings (SSSR count). The fraction of sp³-hybridized carbons (Fsp3) is 0.429. The van der Waals surface area contributed by atoms with Crippen LogP contribution < -0.4 is 5.32 Å². The summed E-state index contributed by atoms with van der Waals surface area (Å²) in [6, 6.07) is 4.18. The Labute approximate surface area is 118 Å². The number of hydrogen-bond donors (Lipinski definition) is 2. The lowest BCUT2D eigenvalue weighted by atomic mass is 10.2. The maximum absolute atomic E-state index is 11.4. The minimum absolute atomic E-state index is 0.110. The highest BCUT2D eigenvalue weighted by molar-refractivity contribution is 5.88. The number of carbonyl (C=O) groups is 2. The molecule has 1 amide bonds. The van der Waals surface area contributed by atoms with Gasteiger partial charge in [-0.3, -0.25) is 10.1 Å². The van der Waals surface area contributed by atoms with Crippen LogP contribution >= 0.6 is 0 Å². The van der Waals surface area contributed by atoms with E-state index in [1.54, 1.807) is 35.0 Å². The van der Waals surface area contributed by atoms with Gasteiger partial charge in [-0.1, -0.05) is 0 Å². The molecule has 1 aromatic rings. The van der Waals surface area contributed by atoms with Crippen LogP contribution in [0.2, 0.25) is 0 Å². The lowest BCUT2D eigenvalue weighted by Crippen LogP contribution is -2.27. The Balaban J connectivity index is 0.00000110. The Hall–Kier alpha value is -2.08. The number of anilines is 1. The van der Waals surface area contributed by atoms with Gasteiger partial charge in [0.25, 0.3) is 0 Å². The molecule has 6 heteroatoms. The highest BCUT2D eigenvalue weighted by Crippen LogP contribution is 2.20. The largest absolute Gasteiger partial charge is 0.507 e. The molecule has 0 fully saturated rings. The summed E-state index contributed by atoms with van der Waals surface area (Å²) in [4.78, 5) is 22.0. The third-order valence-electron chi connectivity index (χ3n) is 1.80. The van der Waals surface area contributed by atoms with Crippen molar-refractivity contribution in [3.05, 3.63) is 23.8 Å². The SMILES string of the molecule is CC(C)(C)OC(=O)Nc1ccc(O)c(C=O)c1.COC. The van der Waals surface area contributed by atoms with Gasteiger partial charge in [-0.2, -0.15) is 0 Å². The van der Waals surface area contributed by atoms with Crippen molar-refractivity contribution < 1.29 is 24.2 Å². The molecule has 0 saturated carbocycles. The summed E-state index contributed by atoms with van der Waals surface area (Å²) in [7, 11) is 3.25. The number of phenols is 1. The molecule has 2 N–H and O–H groups in total. The van der Waals surface area contributed by atoms with Crippen LogP contribution in [0.25, 0.3) is 0 Å². The van der Waals surface area contributed by atoms with E-state index < -0.39 is 11.7 Å². The Morgan fingerprint density at radius 2 is 1.85 bits per heavy atom. The zero-order valence-electron chi connectivity index (χ0n) is 12.4. The molecule has 0 aliphatic heterocycles. The average molecular weight is 283 g/mol. The van der Waals surface area contributed by atoms with Gasteiger partial charge in [-0.15, -0.1) is 0 Å². The lowest BCUT2D eigenvalue weighted by molar-refractivity contribution is 0.0635. The summed E-state index contributed by atoms with van der Waals surface area (Å²) in [6.45, 7) is 5.25. The molecule has 0 atom stereocenters. The summed E-state index contributed by atoms with van der Waals surface area (Å²) in [5, 5.41) is 11.7. The first kappa shape index (κ1) is 17.9. The smallest absolute Gasteiger partial charge is 0.412 e. The van der Waals surface area contributed by atoms with Crippen molar-refractivity contribution in [1.82, 2.24) is 0 Å².